The lowest BCUT2D eigenvalue weighted by Crippen LogP contribution is -2.56. The van der Waals surface area contributed by atoms with Crippen LogP contribution in [-0.4, -0.2) is 23.0 Å². The van der Waals surface area contributed by atoms with E-state index in [2.05, 4.69) is 15.6 Å². The zero-order chi connectivity index (χ0) is 12.3. The van der Waals surface area contributed by atoms with E-state index in [0.717, 1.165) is 36.4 Å². The van der Waals surface area contributed by atoms with E-state index in [1.165, 1.54) is 0 Å². The predicted octanol–water partition coefficient (Wildman–Crippen LogP) is 2.44. The number of nitrogens with one attached hydrogen (secondary N) is 2. The molecule has 2 heterocycles. The van der Waals surface area contributed by atoms with Crippen molar-refractivity contribution in [2.45, 2.75) is 45.2 Å². The topological polar surface area (TPSA) is 54.0 Å². The maximum Gasteiger partial charge on any atom is 0.240 e. The second kappa shape index (κ2) is 8.04. The Hall–Kier alpha value is -0.360. The Kier molecular flexibility index (Phi) is 7.89. The molecule has 4 nitrogen and oxygen atoms in total. The first-order chi connectivity index (χ1) is 8.12. The van der Waals surface area contributed by atoms with Gasteiger partial charge in [0.25, 0.3) is 0 Å². The number of rotatable bonds is 3. The highest BCUT2D eigenvalue weighted by molar-refractivity contribution is 7.09. The van der Waals surface area contributed by atoms with Gasteiger partial charge in [-0.25, -0.2) is 4.98 Å². The highest BCUT2D eigenvalue weighted by Crippen LogP contribution is 2.19. The van der Waals surface area contributed by atoms with Gasteiger partial charge in [-0.3, -0.25) is 4.79 Å². The molecule has 0 aromatic carbocycles. The minimum atomic E-state index is -0.392. The van der Waals surface area contributed by atoms with Crippen LogP contribution in [0.2, 0.25) is 0 Å². The van der Waals surface area contributed by atoms with E-state index in [1.54, 1.807) is 11.3 Å². The molecule has 1 amide bonds. The van der Waals surface area contributed by atoms with Gasteiger partial charge in [0, 0.05) is 4.88 Å². The van der Waals surface area contributed by atoms with Crippen LogP contribution in [0.1, 0.15) is 36.8 Å². The molecule has 1 aromatic heterocycles. The molecule has 1 atom stereocenters. The summed E-state index contributed by atoms with van der Waals surface area (Å²) in [5.74, 6) is 0.102. The zero-order valence-corrected chi connectivity index (χ0v) is 13.6. The number of nitrogens with zero attached hydrogens (tertiary/aromatic N) is 1. The van der Waals surface area contributed by atoms with Crippen LogP contribution >= 0.6 is 36.2 Å². The Morgan fingerprint density at radius 2 is 2.26 bits per heavy atom. The van der Waals surface area contributed by atoms with Crippen LogP contribution in [0.4, 0.5) is 0 Å². The molecule has 19 heavy (non-hydrogen) atoms. The number of carbonyl (C=O) groups excluding carboxylic acids is 1. The molecule has 0 saturated carbocycles. The highest BCUT2D eigenvalue weighted by Gasteiger charge is 2.33. The molecule has 7 heteroatoms. The van der Waals surface area contributed by atoms with Crippen LogP contribution in [0.25, 0.3) is 0 Å². The van der Waals surface area contributed by atoms with Gasteiger partial charge >= 0.3 is 0 Å². The van der Waals surface area contributed by atoms with E-state index < -0.39 is 5.54 Å². The number of thiazole rings is 1. The van der Waals surface area contributed by atoms with E-state index in [-0.39, 0.29) is 30.7 Å². The molecule has 0 aliphatic carbocycles. The molecule has 2 rings (SSSR count). The van der Waals surface area contributed by atoms with Crippen molar-refractivity contribution in [1.29, 1.82) is 0 Å². The van der Waals surface area contributed by atoms with Crippen molar-refractivity contribution >= 4 is 42.1 Å². The van der Waals surface area contributed by atoms with Crippen LogP contribution in [0.5, 0.6) is 0 Å². The second-order valence-electron chi connectivity index (χ2n) is 4.76. The number of aryl methyl sites for hydroxylation is 1. The smallest absolute Gasteiger partial charge is 0.240 e. The van der Waals surface area contributed by atoms with Gasteiger partial charge in [0.15, 0.2) is 0 Å². The Morgan fingerprint density at radius 1 is 1.53 bits per heavy atom. The molecule has 1 unspecified atom stereocenters. The lowest BCUT2D eigenvalue weighted by molar-refractivity contribution is -0.128. The van der Waals surface area contributed by atoms with Crippen LogP contribution in [0, 0.1) is 6.92 Å². The third-order valence-electron chi connectivity index (χ3n) is 3.37. The number of aromatic nitrogens is 1. The van der Waals surface area contributed by atoms with E-state index in [0.29, 0.717) is 6.54 Å². The van der Waals surface area contributed by atoms with Gasteiger partial charge in [-0.1, -0.05) is 0 Å². The highest BCUT2D eigenvalue weighted by atomic mass is 35.5. The van der Waals surface area contributed by atoms with E-state index >= 15 is 0 Å². The van der Waals surface area contributed by atoms with Crippen LogP contribution < -0.4 is 10.6 Å². The summed E-state index contributed by atoms with van der Waals surface area (Å²) in [4.78, 5) is 17.4. The Bertz CT molecular complexity index is 405. The Labute approximate surface area is 130 Å². The summed E-state index contributed by atoms with van der Waals surface area (Å²) in [6.07, 6.45) is 3.20. The average molecular weight is 326 g/mol. The van der Waals surface area contributed by atoms with Crippen molar-refractivity contribution in [2.24, 2.45) is 0 Å². The monoisotopic (exact) mass is 325 g/mol. The number of piperidine rings is 1. The van der Waals surface area contributed by atoms with Crippen molar-refractivity contribution in [1.82, 2.24) is 15.6 Å². The first kappa shape index (κ1) is 18.6. The average Bonchev–Trinajstić information content (AvgIpc) is 2.73. The molecule has 0 radical (unpaired) electrons. The molecule has 0 spiro atoms. The van der Waals surface area contributed by atoms with E-state index in [1.807, 2.05) is 19.4 Å². The molecule has 1 fully saturated rings. The Morgan fingerprint density at radius 3 is 2.79 bits per heavy atom. The fourth-order valence-electron chi connectivity index (χ4n) is 2.10. The normalized spacial score (nSPS) is 22.0. The quantitative estimate of drug-likeness (QED) is 0.897. The molecule has 1 saturated heterocycles. The molecule has 1 aliphatic rings. The van der Waals surface area contributed by atoms with Gasteiger partial charge in [-0.05, 0) is 39.7 Å². The second-order valence-corrected chi connectivity index (χ2v) is 5.70. The molecule has 0 bridgehead atoms. The molecule has 110 valence electrons. The van der Waals surface area contributed by atoms with Crippen molar-refractivity contribution < 1.29 is 4.79 Å². The molecule has 1 aromatic rings. The van der Waals surface area contributed by atoms with E-state index in [9.17, 15) is 4.79 Å². The molecular formula is C12H21Cl2N3OS. The fraction of sp³-hybridized carbons (Fsp3) is 0.667. The first-order valence-corrected chi connectivity index (χ1v) is 6.92. The largest absolute Gasteiger partial charge is 0.350 e. The van der Waals surface area contributed by atoms with Crippen molar-refractivity contribution in [3.63, 3.8) is 0 Å². The lowest BCUT2D eigenvalue weighted by atomic mass is 9.90. The molecular weight excluding hydrogens is 305 g/mol. The van der Waals surface area contributed by atoms with E-state index in [4.69, 9.17) is 0 Å². The summed E-state index contributed by atoms with van der Waals surface area (Å²) < 4.78 is 0. The number of hydrogen-bond acceptors (Lipinski definition) is 4. The minimum Gasteiger partial charge on any atom is -0.350 e. The van der Waals surface area contributed by atoms with Crippen molar-refractivity contribution in [3.8, 4) is 0 Å². The third-order valence-corrected chi connectivity index (χ3v) is 4.31. The maximum absolute atomic E-state index is 12.1. The summed E-state index contributed by atoms with van der Waals surface area (Å²) in [5, 5.41) is 6.32. The summed E-state index contributed by atoms with van der Waals surface area (Å²) >= 11 is 1.59. The number of halogens is 2. The number of hydrogen-bond donors (Lipinski definition) is 2. The van der Waals surface area contributed by atoms with Crippen LogP contribution in [0.3, 0.4) is 0 Å². The third kappa shape index (κ3) is 4.60. The lowest BCUT2D eigenvalue weighted by Gasteiger charge is -2.33. The molecule has 2 N–H and O–H groups in total. The summed E-state index contributed by atoms with van der Waals surface area (Å²) in [6.45, 7) is 5.48. The minimum absolute atomic E-state index is 0. The number of amides is 1. The molecule has 1 aliphatic heterocycles. The maximum atomic E-state index is 12.1. The predicted molar refractivity (Wildman–Crippen MR) is 83.5 cm³/mol. The summed E-state index contributed by atoms with van der Waals surface area (Å²) in [7, 11) is 0. The van der Waals surface area contributed by atoms with Crippen molar-refractivity contribution in [3.05, 3.63) is 16.1 Å². The van der Waals surface area contributed by atoms with Gasteiger partial charge in [0.05, 0.1) is 23.3 Å². The van der Waals surface area contributed by atoms with Gasteiger partial charge in [0.1, 0.15) is 0 Å². The SMILES string of the molecule is Cc1ncsc1CNC(=O)C1(C)CCCCN1.Cl.Cl. The van der Waals surface area contributed by atoms with Crippen LogP contribution in [0.15, 0.2) is 5.51 Å². The summed E-state index contributed by atoms with van der Waals surface area (Å²) in [6, 6.07) is 0. The van der Waals surface area contributed by atoms with Gasteiger partial charge in [-0.15, -0.1) is 36.2 Å². The Balaban J connectivity index is 0.00000162. The zero-order valence-electron chi connectivity index (χ0n) is 11.2. The van der Waals surface area contributed by atoms with Crippen molar-refractivity contribution in [2.75, 3.05) is 6.54 Å². The number of carbonyl (C=O) groups is 1. The van der Waals surface area contributed by atoms with Gasteiger partial charge in [0.2, 0.25) is 5.91 Å². The fourth-order valence-corrected chi connectivity index (χ4v) is 2.82. The van der Waals surface area contributed by atoms with Crippen LogP contribution in [-0.2, 0) is 11.3 Å². The van der Waals surface area contributed by atoms with Gasteiger partial charge < -0.3 is 10.6 Å². The first-order valence-electron chi connectivity index (χ1n) is 6.04. The van der Waals surface area contributed by atoms with Gasteiger partial charge in [-0.2, -0.15) is 0 Å². The summed E-state index contributed by atoms with van der Waals surface area (Å²) in [5.41, 5.74) is 2.44. The standard InChI is InChI=1S/C12H19N3OS.2ClH/c1-9-10(17-8-14-9)7-13-11(16)12(2)5-3-4-6-15-12;;/h8,15H,3-7H2,1-2H3,(H,13,16);2*1H.